The summed E-state index contributed by atoms with van der Waals surface area (Å²) >= 11 is 0. The van der Waals surface area contributed by atoms with Crippen LogP contribution in [0, 0.1) is 5.92 Å². The predicted molar refractivity (Wildman–Crippen MR) is 97.4 cm³/mol. The lowest BCUT2D eigenvalue weighted by Crippen LogP contribution is -2.28. The second-order valence-corrected chi connectivity index (χ2v) is 6.37. The van der Waals surface area contributed by atoms with Gasteiger partial charge in [0.25, 0.3) is 0 Å². The van der Waals surface area contributed by atoms with Crippen LogP contribution in [-0.4, -0.2) is 66.7 Å². The molecule has 0 spiro atoms. The molecule has 1 fully saturated rings. The van der Waals surface area contributed by atoms with E-state index in [0.717, 1.165) is 25.2 Å². The largest absolute Gasteiger partial charge is 0.493 e. The van der Waals surface area contributed by atoms with E-state index in [1.807, 2.05) is 18.2 Å². The number of carbonyl (C=O) groups is 2. The Morgan fingerprint density at radius 3 is 2.62 bits per heavy atom. The molecule has 1 aromatic rings. The van der Waals surface area contributed by atoms with Gasteiger partial charge < -0.3 is 24.4 Å². The van der Waals surface area contributed by atoms with E-state index in [0.29, 0.717) is 24.7 Å². The third-order valence-corrected chi connectivity index (χ3v) is 4.72. The molecule has 1 aliphatic heterocycles. The third kappa shape index (κ3) is 5.11. The summed E-state index contributed by atoms with van der Waals surface area (Å²) in [6.45, 7) is 8.24. The van der Waals surface area contributed by atoms with Crippen molar-refractivity contribution in [3.63, 3.8) is 0 Å². The van der Waals surface area contributed by atoms with Crippen LogP contribution in [0.4, 0.5) is 0 Å². The topological polar surface area (TPSA) is 79.3 Å². The van der Waals surface area contributed by atoms with Crippen molar-refractivity contribution in [3.05, 3.63) is 23.8 Å². The number of benzene rings is 1. The minimum Gasteiger partial charge on any atom is -0.493 e. The van der Waals surface area contributed by atoms with Crippen molar-refractivity contribution in [1.82, 2.24) is 9.80 Å². The van der Waals surface area contributed by atoms with Crippen molar-refractivity contribution >= 4 is 11.9 Å². The lowest BCUT2D eigenvalue weighted by Gasteiger charge is -2.20. The van der Waals surface area contributed by atoms with Gasteiger partial charge in [0.1, 0.15) is 6.61 Å². The Kier molecular flexibility index (Phi) is 7.26. The molecule has 0 radical (unpaired) electrons. The number of likely N-dealkylation sites (tertiary alicyclic amines) is 1. The molecule has 1 amide bonds. The summed E-state index contributed by atoms with van der Waals surface area (Å²) < 4.78 is 11.2. The first kappa shape index (κ1) is 20.0. The number of aliphatic carboxylic acids is 1. The van der Waals surface area contributed by atoms with Gasteiger partial charge in [-0.3, -0.25) is 9.59 Å². The van der Waals surface area contributed by atoms with E-state index in [1.165, 1.54) is 0 Å². The Morgan fingerprint density at radius 2 is 2.04 bits per heavy atom. The molecule has 2 rings (SSSR count). The molecule has 1 saturated heterocycles. The molecule has 1 atom stereocenters. The molecule has 1 aromatic carbocycles. The smallest absolute Gasteiger partial charge is 0.308 e. The maximum atomic E-state index is 12.0. The third-order valence-electron chi connectivity index (χ3n) is 4.72. The van der Waals surface area contributed by atoms with Gasteiger partial charge in [0, 0.05) is 26.1 Å². The zero-order valence-electron chi connectivity index (χ0n) is 15.7. The average molecular weight is 364 g/mol. The number of carboxylic acid groups (broad SMARTS) is 1. The zero-order chi connectivity index (χ0) is 19.1. The highest BCUT2D eigenvalue weighted by Crippen LogP contribution is 2.29. The number of hydrogen-bond donors (Lipinski definition) is 1. The van der Waals surface area contributed by atoms with E-state index < -0.39 is 11.9 Å². The summed E-state index contributed by atoms with van der Waals surface area (Å²) in [7, 11) is 1.58. The number of hydrogen-bond acceptors (Lipinski definition) is 5. The number of rotatable bonds is 10. The van der Waals surface area contributed by atoms with Gasteiger partial charge in [-0.25, -0.2) is 0 Å². The van der Waals surface area contributed by atoms with E-state index in [2.05, 4.69) is 18.7 Å². The Hall–Kier alpha value is -2.28. The van der Waals surface area contributed by atoms with Gasteiger partial charge in [-0.05, 0) is 30.8 Å². The van der Waals surface area contributed by atoms with Crippen molar-refractivity contribution in [1.29, 1.82) is 0 Å². The van der Waals surface area contributed by atoms with Crippen LogP contribution in [0.15, 0.2) is 18.2 Å². The Morgan fingerprint density at radius 1 is 1.31 bits per heavy atom. The summed E-state index contributed by atoms with van der Waals surface area (Å²) in [6, 6.07) is 5.57. The van der Waals surface area contributed by atoms with Crippen molar-refractivity contribution in [2.24, 2.45) is 5.92 Å². The van der Waals surface area contributed by atoms with Gasteiger partial charge in [-0.15, -0.1) is 0 Å². The summed E-state index contributed by atoms with van der Waals surface area (Å²) in [5.41, 5.74) is 0.886. The normalized spacial score (nSPS) is 17.0. The highest BCUT2D eigenvalue weighted by Gasteiger charge is 2.34. The second-order valence-electron chi connectivity index (χ2n) is 6.37. The molecule has 0 aromatic heterocycles. The van der Waals surface area contributed by atoms with Gasteiger partial charge in [0.15, 0.2) is 11.5 Å². The fourth-order valence-electron chi connectivity index (χ4n) is 3.06. The summed E-state index contributed by atoms with van der Waals surface area (Å²) in [5, 5.41) is 9.07. The molecule has 1 aliphatic rings. The van der Waals surface area contributed by atoms with Crippen molar-refractivity contribution in [2.75, 3.05) is 39.9 Å². The average Bonchev–Trinajstić information content (AvgIpc) is 3.00. The minimum atomic E-state index is -0.921. The number of carboxylic acids is 1. The highest BCUT2D eigenvalue weighted by molar-refractivity contribution is 5.86. The number of ether oxygens (including phenoxy) is 2. The second kappa shape index (κ2) is 9.43. The zero-order valence-corrected chi connectivity index (χ0v) is 15.7. The van der Waals surface area contributed by atoms with E-state index in [9.17, 15) is 9.59 Å². The standard InChI is InChI=1S/C19H28N2O5/c1-4-20(5-2)8-9-26-16-7-6-14(10-17(16)25-3)12-21-13-15(19(23)24)11-18(21)22/h6-7,10,15H,4-5,8-9,11-13H2,1-3H3,(H,23,24). The molecular weight excluding hydrogens is 336 g/mol. The van der Waals surface area contributed by atoms with Crippen LogP contribution in [0.25, 0.3) is 0 Å². The number of likely N-dealkylation sites (N-methyl/N-ethyl adjacent to an activating group) is 1. The van der Waals surface area contributed by atoms with Crippen LogP contribution < -0.4 is 9.47 Å². The fourth-order valence-corrected chi connectivity index (χ4v) is 3.06. The Bertz CT molecular complexity index is 630. The van der Waals surface area contributed by atoms with Crippen LogP contribution >= 0.6 is 0 Å². The van der Waals surface area contributed by atoms with Gasteiger partial charge in [0.05, 0.1) is 13.0 Å². The maximum absolute atomic E-state index is 12.0. The van der Waals surface area contributed by atoms with Crippen molar-refractivity contribution < 1.29 is 24.2 Å². The first-order valence-electron chi connectivity index (χ1n) is 9.01. The van der Waals surface area contributed by atoms with Crippen molar-refractivity contribution in [3.8, 4) is 11.5 Å². The van der Waals surface area contributed by atoms with Gasteiger partial charge in [0.2, 0.25) is 5.91 Å². The monoisotopic (exact) mass is 364 g/mol. The quantitative estimate of drug-likeness (QED) is 0.683. The Labute approximate surface area is 154 Å². The van der Waals surface area contributed by atoms with E-state index in [-0.39, 0.29) is 18.9 Å². The molecule has 7 heteroatoms. The molecule has 7 nitrogen and oxygen atoms in total. The summed E-state index contributed by atoms with van der Waals surface area (Å²) in [6.07, 6.45) is 0.0685. The predicted octanol–water partition coefficient (Wildman–Crippen LogP) is 1.85. The van der Waals surface area contributed by atoms with Crippen molar-refractivity contribution in [2.45, 2.75) is 26.8 Å². The molecule has 0 aliphatic carbocycles. The lowest BCUT2D eigenvalue weighted by atomic mass is 10.1. The molecular formula is C19H28N2O5. The van der Waals surface area contributed by atoms with Gasteiger partial charge >= 0.3 is 5.97 Å². The number of methoxy groups -OCH3 is 1. The van der Waals surface area contributed by atoms with Crippen LogP contribution in [0.1, 0.15) is 25.8 Å². The highest BCUT2D eigenvalue weighted by atomic mass is 16.5. The van der Waals surface area contributed by atoms with E-state index >= 15 is 0 Å². The fraction of sp³-hybridized carbons (Fsp3) is 0.579. The van der Waals surface area contributed by atoms with Crippen LogP contribution in [-0.2, 0) is 16.1 Å². The molecule has 1 unspecified atom stereocenters. The minimum absolute atomic E-state index is 0.0685. The summed E-state index contributed by atoms with van der Waals surface area (Å²) in [4.78, 5) is 26.9. The SMILES string of the molecule is CCN(CC)CCOc1ccc(CN2CC(C(=O)O)CC2=O)cc1OC. The number of carbonyl (C=O) groups excluding carboxylic acids is 1. The van der Waals surface area contributed by atoms with E-state index in [1.54, 1.807) is 12.0 Å². The van der Waals surface area contributed by atoms with E-state index in [4.69, 9.17) is 14.6 Å². The first-order chi connectivity index (χ1) is 12.5. The van der Waals surface area contributed by atoms with Gasteiger partial charge in [-0.2, -0.15) is 0 Å². The molecule has 1 heterocycles. The molecule has 1 N–H and O–H groups in total. The van der Waals surface area contributed by atoms with Crippen LogP contribution in [0.3, 0.4) is 0 Å². The summed E-state index contributed by atoms with van der Waals surface area (Å²) in [5.74, 6) is -0.388. The van der Waals surface area contributed by atoms with Crippen LogP contribution in [0.5, 0.6) is 11.5 Å². The van der Waals surface area contributed by atoms with Crippen LogP contribution in [0.2, 0.25) is 0 Å². The molecule has 144 valence electrons. The Balaban J connectivity index is 1.97. The number of amides is 1. The molecule has 26 heavy (non-hydrogen) atoms. The number of nitrogens with zero attached hydrogens (tertiary/aromatic N) is 2. The first-order valence-corrected chi connectivity index (χ1v) is 9.01. The molecule has 0 saturated carbocycles. The lowest BCUT2D eigenvalue weighted by molar-refractivity contribution is -0.141. The van der Waals surface area contributed by atoms with Gasteiger partial charge in [-0.1, -0.05) is 19.9 Å². The maximum Gasteiger partial charge on any atom is 0.308 e. The molecule has 0 bridgehead atoms.